The highest BCUT2D eigenvalue weighted by molar-refractivity contribution is 5.87. The van der Waals surface area contributed by atoms with Gasteiger partial charge in [-0.25, -0.2) is 0 Å². The molecule has 0 atom stereocenters. The van der Waals surface area contributed by atoms with Crippen LogP contribution in [0.2, 0.25) is 0 Å². The fourth-order valence-electron chi connectivity index (χ4n) is 6.05. The first kappa shape index (κ1) is 26.3. The van der Waals surface area contributed by atoms with Crippen molar-refractivity contribution < 1.29 is 0 Å². The number of H-pyrrole nitrogens is 4. The third-order valence-electron chi connectivity index (χ3n) is 8.21. The molecule has 7 aromatic rings. The van der Waals surface area contributed by atoms with Gasteiger partial charge in [0.2, 0.25) is 0 Å². The monoisotopic (exact) mass is 565 g/mol. The minimum absolute atomic E-state index is 0.268. The zero-order valence-electron chi connectivity index (χ0n) is 23.9. The first-order valence-electron chi connectivity index (χ1n) is 14.3. The maximum atomic E-state index is 13.8. The Labute approximate surface area is 247 Å². The first-order valence-corrected chi connectivity index (χ1v) is 14.3. The van der Waals surface area contributed by atoms with E-state index in [2.05, 4.69) is 55.4 Å². The van der Waals surface area contributed by atoms with Gasteiger partial charge in [-0.15, -0.1) is 0 Å². The number of fused-ring (bicyclic) bond motifs is 1. The Hall–Kier alpha value is -5.56. The maximum Gasteiger partial charge on any atom is 0.268 e. The molecule has 4 N–H and O–H groups in total. The minimum atomic E-state index is -0.681. The fourth-order valence-corrected chi connectivity index (χ4v) is 6.05. The van der Waals surface area contributed by atoms with Gasteiger partial charge in [0.1, 0.15) is 0 Å². The molecule has 0 fully saturated rings. The maximum absolute atomic E-state index is 13.8. The van der Waals surface area contributed by atoms with Crippen LogP contribution in [0.15, 0.2) is 119 Å². The SMILES string of the molecule is Cc1ccc(-c2[nH][nH]c(=O)c2C(c2c(-c3ccc(C)cc3)[nH][nH]c2=O)c2cn(Cc3ccccc3)c3ccccc23)cc1. The van der Waals surface area contributed by atoms with Crippen LogP contribution in [-0.4, -0.2) is 25.0 Å². The number of nitrogens with zero attached hydrogens (tertiary/aromatic N) is 1. The standard InChI is InChI=1S/C36H31N5O2/c1-22-12-16-25(17-13-22)33-31(35(42)39-37-33)30(32-34(38-40-36(32)43)26-18-14-23(2)15-19-26)28-21-41(20-24-8-4-3-5-9-24)29-11-7-6-10-27(28)29/h3-19,21,30H,20H2,1-2H3,(H2,37,39,42)(H2,38,40,43). The molecule has 3 aromatic heterocycles. The van der Waals surface area contributed by atoms with E-state index in [4.69, 9.17) is 0 Å². The van der Waals surface area contributed by atoms with Gasteiger partial charge in [-0.1, -0.05) is 108 Å². The number of aromatic amines is 4. The molecule has 7 nitrogen and oxygen atoms in total. The molecular weight excluding hydrogens is 534 g/mol. The van der Waals surface area contributed by atoms with E-state index in [9.17, 15) is 9.59 Å². The summed E-state index contributed by atoms with van der Waals surface area (Å²) in [5.41, 5.74) is 8.78. The van der Waals surface area contributed by atoms with Gasteiger partial charge < -0.3 is 4.57 Å². The molecule has 0 radical (unpaired) electrons. The van der Waals surface area contributed by atoms with Gasteiger partial charge in [0.25, 0.3) is 11.1 Å². The van der Waals surface area contributed by atoms with E-state index in [0.717, 1.165) is 44.3 Å². The summed E-state index contributed by atoms with van der Waals surface area (Å²) >= 11 is 0. The normalized spacial score (nSPS) is 11.5. The summed E-state index contributed by atoms with van der Waals surface area (Å²) < 4.78 is 2.20. The Morgan fingerprint density at radius 2 is 1.12 bits per heavy atom. The third-order valence-corrected chi connectivity index (χ3v) is 8.21. The van der Waals surface area contributed by atoms with E-state index in [1.807, 2.05) is 92.7 Å². The van der Waals surface area contributed by atoms with Crippen molar-refractivity contribution >= 4 is 10.9 Å². The minimum Gasteiger partial charge on any atom is -0.343 e. The van der Waals surface area contributed by atoms with Crippen LogP contribution in [0.25, 0.3) is 33.4 Å². The van der Waals surface area contributed by atoms with Crippen molar-refractivity contribution in [3.05, 3.63) is 163 Å². The van der Waals surface area contributed by atoms with Crippen LogP contribution in [0.4, 0.5) is 0 Å². The number of aryl methyl sites for hydroxylation is 2. The molecule has 4 aromatic carbocycles. The lowest BCUT2D eigenvalue weighted by molar-refractivity contribution is 0.825. The van der Waals surface area contributed by atoms with Crippen molar-refractivity contribution in [1.82, 2.24) is 25.0 Å². The van der Waals surface area contributed by atoms with Crippen LogP contribution >= 0.6 is 0 Å². The Morgan fingerprint density at radius 3 is 1.67 bits per heavy atom. The van der Waals surface area contributed by atoms with E-state index in [-0.39, 0.29) is 11.1 Å². The number of benzene rings is 4. The van der Waals surface area contributed by atoms with Crippen LogP contribution in [0.5, 0.6) is 0 Å². The molecule has 0 aliphatic rings. The molecule has 0 aliphatic carbocycles. The van der Waals surface area contributed by atoms with Gasteiger partial charge in [0.15, 0.2) is 0 Å². The lowest BCUT2D eigenvalue weighted by atomic mass is 9.83. The molecule has 0 unspecified atom stereocenters. The second-order valence-corrected chi connectivity index (χ2v) is 11.1. The van der Waals surface area contributed by atoms with E-state index in [1.54, 1.807) is 0 Å². The van der Waals surface area contributed by atoms with Crippen molar-refractivity contribution in [3.8, 4) is 22.5 Å². The number of para-hydroxylation sites is 1. The Kier molecular flexibility index (Phi) is 6.55. The van der Waals surface area contributed by atoms with Gasteiger partial charge in [0, 0.05) is 23.6 Å². The van der Waals surface area contributed by atoms with Gasteiger partial charge in [-0.3, -0.25) is 30.0 Å². The summed E-state index contributed by atoms with van der Waals surface area (Å²) in [5.74, 6) is -0.681. The molecule has 7 rings (SSSR count). The highest BCUT2D eigenvalue weighted by Gasteiger charge is 2.33. The lowest BCUT2D eigenvalue weighted by Crippen LogP contribution is -2.20. The molecule has 7 heteroatoms. The number of nitrogens with one attached hydrogen (secondary N) is 4. The number of rotatable bonds is 7. The fraction of sp³-hybridized carbons (Fsp3) is 0.111. The smallest absolute Gasteiger partial charge is 0.268 e. The van der Waals surface area contributed by atoms with Crippen LogP contribution in [0.1, 0.15) is 39.3 Å². The highest BCUT2D eigenvalue weighted by atomic mass is 16.1. The largest absolute Gasteiger partial charge is 0.343 e. The van der Waals surface area contributed by atoms with E-state index < -0.39 is 5.92 Å². The Bertz CT molecular complexity index is 2060. The zero-order valence-corrected chi connectivity index (χ0v) is 23.9. The van der Waals surface area contributed by atoms with Gasteiger partial charge in [0.05, 0.1) is 28.4 Å². The summed E-state index contributed by atoms with van der Waals surface area (Å²) in [7, 11) is 0. The molecule has 0 saturated carbocycles. The van der Waals surface area contributed by atoms with Crippen LogP contribution in [-0.2, 0) is 6.54 Å². The van der Waals surface area contributed by atoms with Gasteiger partial charge in [-0.2, -0.15) is 0 Å². The molecule has 212 valence electrons. The predicted molar refractivity (Wildman–Crippen MR) is 172 cm³/mol. The summed E-state index contributed by atoms with van der Waals surface area (Å²) in [6, 6.07) is 34.5. The summed E-state index contributed by atoms with van der Waals surface area (Å²) in [4.78, 5) is 27.6. The Balaban J connectivity index is 1.52. The summed E-state index contributed by atoms with van der Waals surface area (Å²) in [5, 5.41) is 12.9. The van der Waals surface area contributed by atoms with E-state index in [1.165, 1.54) is 0 Å². The highest BCUT2D eigenvalue weighted by Crippen LogP contribution is 2.41. The molecule has 0 amide bonds. The Morgan fingerprint density at radius 1 is 0.605 bits per heavy atom. The van der Waals surface area contributed by atoms with E-state index >= 15 is 0 Å². The van der Waals surface area contributed by atoms with Crippen LogP contribution in [0, 0.1) is 13.8 Å². The first-order chi connectivity index (χ1) is 21.0. The number of hydrogen-bond acceptors (Lipinski definition) is 2. The molecule has 0 bridgehead atoms. The average Bonchev–Trinajstić information content (AvgIpc) is 3.71. The van der Waals surface area contributed by atoms with E-state index in [0.29, 0.717) is 29.1 Å². The van der Waals surface area contributed by atoms with Gasteiger partial charge >= 0.3 is 0 Å². The zero-order chi connectivity index (χ0) is 29.5. The van der Waals surface area contributed by atoms with Crippen molar-refractivity contribution in [1.29, 1.82) is 0 Å². The van der Waals surface area contributed by atoms with Crippen LogP contribution in [0.3, 0.4) is 0 Å². The second kappa shape index (κ2) is 10.7. The predicted octanol–water partition coefficient (Wildman–Crippen LogP) is 6.85. The second-order valence-electron chi connectivity index (χ2n) is 11.1. The van der Waals surface area contributed by atoms with Gasteiger partial charge in [-0.05, 0) is 42.2 Å². The van der Waals surface area contributed by atoms with Crippen molar-refractivity contribution in [3.63, 3.8) is 0 Å². The quantitative estimate of drug-likeness (QED) is 0.170. The van der Waals surface area contributed by atoms with Crippen molar-refractivity contribution in [2.45, 2.75) is 26.3 Å². The molecular formula is C36H31N5O2. The molecule has 0 aliphatic heterocycles. The number of aromatic nitrogens is 5. The molecule has 0 spiro atoms. The third kappa shape index (κ3) is 4.75. The molecule has 43 heavy (non-hydrogen) atoms. The van der Waals surface area contributed by atoms with Crippen molar-refractivity contribution in [2.24, 2.45) is 0 Å². The summed E-state index contributed by atoms with van der Waals surface area (Å²) in [6.07, 6.45) is 2.10. The average molecular weight is 566 g/mol. The molecule has 0 saturated heterocycles. The summed E-state index contributed by atoms with van der Waals surface area (Å²) in [6.45, 7) is 4.71. The van der Waals surface area contributed by atoms with Crippen molar-refractivity contribution in [2.75, 3.05) is 0 Å². The molecule has 3 heterocycles. The lowest BCUT2D eigenvalue weighted by Gasteiger charge is -2.17. The number of hydrogen-bond donors (Lipinski definition) is 4. The topological polar surface area (TPSA) is 102 Å². The van der Waals surface area contributed by atoms with Crippen LogP contribution < -0.4 is 11.1 Å².